The minimum Gasteiger partial charge on any atom is -0.333 e. The zero-order valence-corrected chi connectivity index (χ0v) is 10.6. The molecule has 0 saturated heterocycles. The molecule has 1 aromatic rings. The molecule has 20 heavy (non-hydrogen) atoms. The molecule has 1 saturated carbocycles. The number of nitrogens with one attached hydrogen (secondary N) is 1. The highest BCUT2D eigenvalue weighted by Crippen LogP contribution is 2.30. The first-order valence-electron chi connectivity index (χ1n) is 6.15. The van der Waals surface area contributed by atoms with Crippen LogP contribution in [0.3, 0.4) is 0 Å². The summed E-state index contributed by atoms with van der Waals surface area (Å²) in [5.74, 6) is -1.53. The molecule has 0 radical (unpaired) electrons. The number of carbonyl (C=O) groups excluding carboxylic acids is 1. The van der Waals surface area contributed by atoms with Crippen molar-refractivity contribution in [3.05, 3.63) is 39.7 Å². The number of amides is 1. The molecular formula is C13H12FN3O3. The SMILES string of the molecule is N#CC1(NC(=O)c2cc(F)ccc2[N+](=O)[O-])CCCC1. The van der Waals surface area contributed by atoms with Gasteiger partial charge in [0.2, 0.25) is 0 Å². The topological polar surface area (TPSA) is 96.0 Å². The highest BCUT2D eigenvalue weighted by atomic mass is 19.1. The van der Waals surface area contributed by atoms with Gasteiger partial charge in [0.25, 0.3) is 11.6 Å². The van der Waals surface area contributed by atoms with E-state index in [-0.39, 0.29) is 5.56 Å². The van der Waals surface area contributed by atoms with Crippen molar-refractivity contribution in [1.82, 2.24) is 5.32 Å². The number of hydrogen-bond acceptors (Lipinski definition) is 4. The van der Waals surface area contributed by atoms with Crippen molar-refractivity contribution < 1.29 is 14.1 Å². The number of halogens is 1. The zero-order chi connectivity index (χ0) is 14.8. The van der Waals surface area contributed by atoms with E-state index >= 15 is 0 Å². The predicted molar refractivity (Wildman–Crippen MR) is 67.3 cm³/mol. The molecule has 0 aromatic heterocycles. The summed E-state index contributed by atoms with van der Waals surface area (Å²) in [4.78, 5) is 22.2. The van der Waals surface area contributed by atoms with E-state index in [9.17, 15) is 24.6 Å². The van der Waals surface area contributed by atoms with Crippen molar-refractivity contribution in [3.63, 3.8) is 0 Å². The van der Waals surface area contributed by atoms with Crippen molar-refractivity contribution in [2.24, 2.45) is 0 Å². The third-order valence-electron chi connectivity index (χ3n) is 3.42. The minimum absolute atomic E-state index is 0.364. The maximum Gasteiger partial charge on any atom is 0.282 e. The molecule has 1 N–H and O–H groups in total. The van der Waals surface area contributed by atoms with Crippen LogP contribution < -0.4 is 5.32 Å². The molecule has 1 fully saturated rings. The number of rotatable bonds is 3. The van der Waals surface area contributed by atoms with Crippen molar-refractivity contribution in [2.75, 3.05) is 0 Å². The van der Waals surface area contributed by atoms with Crippen LogP contribution in [0.4, 0.5) is 10.1 Å². The molecule has 1 aromatic carbocycles. The van der Waals surface area contributed by atoms with Crippen LogP contribution >= 0.6 is 0 Å². The smallest absolute Gasteiger partial charge is 0.282 e. The van der Waals surface area contributed by atoms with Crippen LogP contribution in [0.5, 0.6) is 0 Å². The van der Waals surface area contributed by atoms with E-state index in [0.29, 0.717) is 12.8 Å². The van der Waals surface area contributed by atoms with Crippen LogP contribution in [0.15, 0.2) is 18.2 Å². The lowest BCUT2D eigenvalue weighted by molar-refractivity contribution is -0.385. The Morgan fingerprint density at radius 1 is 1.45 bits per heavy atom. The number of hydrogen-bond donors (Lipinski definition) is 1. The fraction of sp³-hybridized carbons (Fsp3) is 0.385. The van der Waals surface area contributed by atoms with E-state index in [0.717, 1.165) is 31.0 Å². The van der Waals surface area contributed by atoms with Gasteiger partial charge in [0.05, 0.1) is 11.0 Å². The van der Waals surface area contributed by atoms with E-state index in [2.05, 4.69) is 5.32 Å². The van der Waals surface area contributed by atoms with Crippen LogP contribution in [-0.2, 0) is 0 Å². The second-order valence-electron chi connectivity index (χ2n) is 4.77. The summed E-state index contributed by atoms with van der Waals surface area (Å²) in [6, 6.07) is 4.72. The first-order valence-corrected chi connectivity index (χ1v) is 6.15. The average molecular weight is 277 g/mol. The molecule has 1 amide bonds. The summed E-state index contributed by atoms with van der Waals surface area (Å²) in [6.45, 7) is 0. The maximum absolute atomic E-state index is 13.2. The molecule has 7 heteroatoms. The Hall–Kier alpha value is -2.49. The summed E-state index contributed by atoms with van der Waals surface area (Å²) in [7, 11) is 0. The molecule has 104 valence electrons. The summed E-state index contributed by atoms with van der Waals surface area (Å²) >= 11 is 0. The summed E-state index contributed by atoms with van der Waals surface area (Å²) in [5.41, 5.74) is -1.84. The highest BCUT2D eigenvalue weighted by molar-refractivity contribution is 5.98. The van der Waals surface area contributed by atoms with Crippen molar-refractivity contribution in [1.29, 1.82) is 5.26 Å². The highest BCUT2D eigenvalue weighted by Gasteiger charge is 2.36. The standard InChI is InChI=1S/C13H12FN3O3/c14-9-3-4-11(17(19)20)10(7-9)12(18)16-13(8-15)5-1-2-6-13/h3-4,7H,1-2,5-6H2,(H,16,18). The van der Waals surface area contributed by atoms with Gasteiger partial charge in [-0.25, -0.2) is 4.39 Å². The van der Waals surface area contributed by atoms with Gasteiger partial charge in [-0.3, -0.25) is 14.9 Å². The Morgan fingerprint density at radius 2 is 2.10 bits per heavy atom. The van der Waals surface area contributed by atoms with E-state index < -0.39 is 27.9 Å². The molecule has 6 nitrogen and oxygen atoms in total. The number of carbonyl (C=O) groups is 1. The molecule has 0 unspecified atom stereocenters. The van der Waals surface area contributed by atoms with Gasteiger partial charge in [0.15, 0.2) is 0 Å². The van der Waals surface area contributed by atoms with Crippen molar-refractivity contribution >= 4 is 11.6 Å². The molecular weight excluding hydrogens is 265 g/mol. The molecule has 1 aliphatic carbocycles. The van der Waals surface area contributed by atoms with Crippen LogP contribution in [0.25, 0.3) is 0 Å². The Morgan fingerprint density at radius 3 is 2.65 bits per heavy atom. The second kappa shape index (κ2) is 5.25. The van der Waals surface area contributed by atoms with Crippen LogP contribution in [0.2, 0.25) is 0 Å². The lowest BCUT2D eigenvalue weighted by Gasteiger charge is -2.21. The van der Waals surface area contributed by atoms with Crippen LogP contribution in [0.1, 0.15) is 36.0 Å². The molecule has 1 aliphatic rings. The van der Waals surface area contributed by atoms with Crippen LogP contribution in [0, 0.1) is 27.3 Å². The Labute approximate surface area is 114 Å². The van der Waals surface area contributed by atoms with Gasteiger partial charge < -0.3 is 5.32 Å². The van der Waals surface area contributed by atoms with Gasteiger partial charge in [0.1, 0.15) is 16.9 Å². The molecule has 0 bridgehead atoms. The monoisotopic (exact) mass is 277 g/mol. The third kappa shape index (κ3) is 2.59. The fourth-order valence-corrected chi connectivity index (χ4v) is 2.38. The molecule has 2 rings (SSSR count). The number of nitro groups is 1. The Bertz CT molecular complexity index is 603. The van der Waals surface area contributed by atoms with E-state index in [1.54, 1.807) is 0 Å². The second-order valence-corrected chi connectivity index (χ2v) is 4.77. The normalized spacial score (nSPS) is 16.4. The first kappa shape index (κ1) is 13.9. The number of benzene rings is 1. The lowest BCUT2D eigenvalue weighted by atomic mass is 9.99. The largest absolute Gasteiger partial charge is 0.333 e. The molecule has 0 spiro atoms. The van der Waals surface area contributed by atoms with Gasteiger partial charge in [-0.15, -0.1) is 0 Å². The minimum atomic E-state index is -1.00. The van der Waals surface area contributed by atoms with Gasteiger partial charge in [-0.2, -0.15) is 5.26 Å². The third-order valence-corrected chi connectivity index (χ3v) is 3.42. The molecule has 0 atom stereocenters. The summed E-state index contributed by atoms with van der Waals surface area (Å²) in [5, 5.41) is 22.5. The van der Waals surface area contributed by atoms with E-state index in [4.69, 9.17) is 0 Å². The summed E-state index contributed by atoms with van der Waals surface area (Å²) in [6.07, 6.45) is 2.61. The predicted octanol–water partition coefficient (Wildman–Crippen LogP) is 2.30. The fourth-order valence-electron chi connectivity index (χ4n) is 2.38. The average Bonchev–Trinajstić information content (AvgIpc) is 2.87. The first-order chi connectivity index (χ1) is 9.47. The van der Waals surface area contributed by atoms with E-state index in [1.807, 2.05) is 6.07 Å². The van der Waals surface area contributed by atoms with Crippen molar-refractivity contribution in [3.8, 4) is 6.07 Å². The summed E-state index contributed by atoms with van der Waals surface area (Å²) < 4.78 is 13.2. The van der Waals surface area contributed by atoms with Gasteiger partial charge in [-0.1, -0.05) is 0 Å². The van der Waals surface area contributed by atoms with Gasteiger partial charge in [0, 0.05) is 6.07 Å². The number of nitro benzene ring substituents is 1. The number of nitrogens with zero attached hydrogens (tertiary/aromatic N) is 2. The van der Waals surface area contributed by atoms with Crippen LogP contribution in [-0.4, -0.2) is 16.4 Å². The molecule has 0 heterocycles. The van der Waals surface area contributed by atoms with Crippen molar-refractivity contribution in [2.45, 2.75) is 31.2 Å². The zero-order valence-electron chi connectivity index (χ0n) is 10.6. The van der Waals surface area contributed by atoms with E-state index in [1.165, 1.54) is 0 Å². The lowest BCUT2D eigenvalue weighted by Crippen LogP contribution is -2.45. The molecule has 0 aliphatic heterocycles. The van der Waals surface area contributed by atoms with Gasteiger partial charge in [-0.05, 0) is 37.8 Å². The Balaban J connectivity index is 2.32. The Kier molecular flexibility index (Phi) is 3.66. The quantitative estimate of drug-likeness (QED) is 0.677. The maximum atomic E-state index is 13.2. The van der Waals surface area contributed by atoms with Gasteiger partial charge >= 0.3 is 0 Å². The number of nitriles is 1.